The Balaban J connectivity index is 1.40. The van der Waals surface area contributed by atoms with Crippen LogP contribution in [0.2, 0.25) is 0 Å². The molecule has 1 aliphatic heterocycles. The zero-order valence-electron chi connectivity index (χ0n) is 16.7. The first-order valence-electron chi connectivity index (χ1n) is 11.2. The normalized spacial score (nSPS) is 54.4. The number of nitrogens with zero attached hydrogens (tertiary/aromatic N) is 1. The summed E-state index contributed by atoms with van der Waals surface area (Å²) in [5.74, 6) is 1.92. The first-order valence-corrected chi connectivity index (χ1v) is 11.2. The van der Waals surface area contributed by atoms with Crippen molar-refractivity contribution in [3.05, 3.63) is 11.6 Å². The molecule has 146 valence electrons. The molecule has 0 aromatic heterocycles. The van der Waals surface area contributed by atoms with E-state index < -0.39 is 12.2 Å². The van der Waals surface area contributed by atoms with Crippen LogP contribution in [-0.4, -0.2) is 46.5 Å². The molecular weight excluding hydrogens is 322 g/mol. The van der Waals surface area contributed by atoms with Crippen LogP contribution in [0.15, 0.2) is 11.6 Å². The van der Waals surface area contributed by atoms with Crippen LogP contribution in [0.3, 0.4) is 0 Å². The largest absolute Gasteiger partial charge is 0.390 e. The highest BCUT2D eigenvalue weighted by molar-refractivity contribution is 5.26. The zero-order valence-corrected chi connectivity index (χ0v) is 16.7. The van der Waals surface area contributed by atoms with Gasteiger partial charge in [-0.1, -0.05) is 25.5 Å². The van der Waals surface area contributed by atoms with Crippen molar-refractivity contribution in [3.63, 3.8) is 0 Å². The highest BCUT2D eigenvalue weighted by atomic mass is 16.3. The molecule has 5 aliphatic rings. The van der Waals surface area contributed by atoms with E-state index in [-0.39, 0.29) is 5.41 Å². The lowest BCUT2D eigenvalue weighted by Crippen LogP contribution is -2.52. The average Bonchev–Trinajstić information content (AvgIpc) is 3.23. The molecule has 26 heavy (non-hydrogen) atoms. The van der Waals surface area contributed by atoms with E-state index >= 15 is 0 Å². The fraction of sp³-hybridized carbons (Fsp3) is 0.913. The Hall–Kier alpha value is -0.380. The van der Waals surface area contributed by atoms with Crippen molar-refractivity contribution in [2.45, 2.75) is 89.9 Å². The highest BCUT2D eigenvalue weighted by Gasteiger charge is 2.60. The van der Waals surface area contributed by atoms with E-state index in [2.05, 4.69) is 24.8 Å². The van der Waals surface area contributed by atoms with E-state index in [1.165, 1.54) is 58.0 Å². The van der Waals surface area contributed by atoms with E-state index in [1.807, 2.05) is 0 Å². The van der Waals surface area contributed by atoms with Crippen molar-refractivity contribution in [3.8, 4) is 0 Å². The van der Waals surface area contributed by atoms with Crippen molar-refractivity contribution in [1.82, 2.24) is 4.90 Å². The third-order valence-corrected chi connectivity index (χ3v) is 9.71. The number of aliphatic hydroxyl groups is 2. The predicted octanol–water partition coefficient (Wildman–Crippen LogP) is 3.75. The number of rotatable bonds is 1. The molecule has 0 spiro atoms. The second kappa shape index (κ2) is 6.06. The second-order valence-corrected chi connectivity index (χ2v) is 10.7. The molecule has 3 heteroatoms. The molecule has 4 aliphatic carbocycles. The Labute approximate surface area is 158 Å². The molecule has 4 fully saturated rings. The average molecular weight is 360 g/mol. The van der Waals surface area contributed by atoms with Gasteiger partial charge in [-0.25, -0.2) is 0 Å². The molecule has 5 rings (SSSR count). The third kappa shape index (κ3) is 2.36. The molecular formula is C23H37NO2. The van der Waals surface area contributed by atoms with E-state index in [0.29, 0.717) is 17.3 Å². The lowest BCUT2D eigenvalue weighted by atomic mass is 9.48. The first kappa shape index (κ1) is 17.7. The summed E-state index contributed by atoms with van der Waals surface area (Å²) >= 11 is 0. The molecule has 0 unspecified atom stereocenters. The van der Waals surface area contributed by atoms with Crippen LogP contribution in [0.1, 0.15) is 71.6 Å². The number of fused-ring (bicyclic) bond motifs is 5. The van der Waals surface area contributed by atoms with Gasteiger partial charge in [0.15, 0.2) is 0 Å². The Morgan fingerprint density at radius 3 is 2.58 bits per heavy atom. The Kier molecular flexibility index (Phi) is 4.12. The number of allylic oxidation sites excluding steroid dienone is 1. The fourth-order valence-corrected chi connectivity index (χ4v) is 8.05. The molecule has 0 radical (unpaired) electrons. The van der Waals surface area contributed by atoms with Gasteiger partial charge in [0.05, 0.1) is 12.2 Å². The summed E-state index contributed by atoms with van der Waals surface area (Å²) in [4.78, 5) is 2.76. The summed E-state index contributed by atoms with van der Waals surface area (Å²) in [7, 11) is 0. The zero-order chi connectivity index (χ0) is 18.1. The van der Waals surface area contributed by atoms with Gasteiger partial charge in [0.25, 0.3) is 0 Å². The predicted molar refractivity (Wildman–Crippen MR) is 104 cm³/mol. The number of hydrogen-bond acceptors (Lipinski definition) is 3. The van der Waals surface area contributed by atoms with E-state index in [1.54, 1.807) is 5.57 Å². The van der Waals surface area contributed by atoms with E-state index in [9.17, 15) is 10.2 Å². The van der Waals surface area contributed by atoms with Gasteiger partial charge >= 0.3 is 0 Å². The monoisotopic (exact) mass is 359 g/mol. The summed E-state index contributed by atoms with van der Waals surface area (Å²) in [5, 5.41) is 21.0. The van der Waals surface area contributed by atoms with Gasteiger partial charge in [0, 0.05) is 6.04 Å². The lowest BCUT2D eigenvalue weighted by Gasteiger charge is -2.58. The maximum Gasteiger partial charge on any atom is 0.0855 e. The van der Waals surface area contributed by atoms with Crippen molar-refractivity contribution in [1.29, 1.82) is 0 Å². The Morgan fingerprint density at radius 1 is 1.04 bits per heavy atom. The van der Waals surface area contributed by atoms with Crippen molar-refractivity contribution < 1.29 is 10.2 Å². The minimum Gasteiger partial charge on any atom is -0.390 e. The summed E-state index contributed by atoms with van der Waals surface area (Å²) < 4.78 is 0. The smallest absolute Gasteiger partial charge is 0.0855 e. The summed E-state index contributed by atoms with van der Waals surface area (Å²) in [6.07, 6.45) is 12.7. The van der Waals surface area contributed by atoms with Crippen LogP contribution in [0.5, 0.6) is 0 Å². The van der Waals surface area contributed by atoms with Gasteiger partial charge in [0.2, 0.25) is 0 Å². The van der Waals surface area contributed by atoms with Crippen molar-refractivity contribution >= 4 is 0 Å². The third-order valence-electron chi connectivity index (χ3n) is 9.71. The van der Waals surface area contributed by atoms with Crippen molar-refractivity contribution in [2.24, 2.45) is 28.6 Å². The van der Waals surface area contributed by atoms with Gasteiger partial charge in [-0.05, 0) is 99.5 Å². The van der Waals surface area contributed by atoms with Crippen LogP contribution < -0.4 is 0 Å². The van der Waals surface area contributed by atoms with Crippen LogP contribution in [0, 0.1) is 28.6 Å². The fourth-order valence-electron chi connectivity index (χ4n) is 8.05. The van der Waals surface area contributed by atoms with Crippen LogP contribution in [0.25, 0.3) is 0 Å². The Morgan fingerprint density at radius 2 is 1.81 bits per heavy atom. The number of hydrogen-bond donors (Lipinski definition) is 2. The van der Waals surface area contributed by atoms with Gasteiger partial charge in [0.1, 0.15) is 0 Å². The van der Waals surface area contributed by atoms with Crippen molar-refractivity contribution in [2.75, 3.05) is 13.1 Å². The van der Waals surface area contributed by atoms with Gasteiger partial charge in [-0.2, -0.15) is 0 Å². The Bertz CT molecular complexity index is 597. The molecule has 2 N–H and O–H groups in total. The standard InChI is InChI=1S/C23H37NO2/c1-22-9-7-16(24-11-3-4-12-24)13-15(22)5-6-17-18(22)8-10-23(2)19(17)14-20(25)21(23)26/h5,16-21,25-26H,3-4,6-14H2,1-2H3/t16-,17+,18-,19-,20+,21-,22-,23-/m0/s1. The quantitative estimate of drug-likeness (QED) is 0.701. The van der Waals surface area contributed by atoms with Gasteiger partial charge < -0.3 is 15.1 Å². The maximum absolute atomic E-state index is 10.6. The van der Waals surface area contributed by atoms with Gasteiger partial charge in [-0.15, -0.1) is 0 Å². The van der Waals surface area contributed by atoms with E-state index in [4.69, 9.17) is 0 Å². The SMILES string of the molecule is C[C@]12CC[C@H]3[C@@H](CC=C4C[C@@H](N5CCCC5)CC[C@@]43C)[C@@H]1C[C@@H](O)[C@@H]2O. The highest BCUT2D eigenvalue weighted by Crippen LogP contribution is 2.65. The topological polar surface area (TPSA) is 43.7 Å². The molecule has 3 saturated carbocycles. The molecule has 0 bridgehead atoms. The van der Waals surface area contributed by atoms with Crippen LogP contribution in [-0.2, 0) is 0 Å². The molecule has 0 amide bonds. The van der Waals surface area contributed by atoms with Gasteiger partial charge in [-0.3, -0.25) is 0 Å². The lowest BCUT2D eigenvalue weighted by molar-refractivity contribution is -0.0801. The number of likely N-dealkylation sites (tertiary alicyclic amines) is 1. The second-order valence-electron chi connectivity index (χ2n) is 10.7. The molecule has 1 saturated heterocycles. The number of aliphatic hydroxyl groups excluding tert-OH is 2. The minimum absolute atomic E-state index is 0.0605. The first-order chi connectivity index (χ1) is 12.4. The minimum atomic E-state index is -0.516. The summed E-state index contributed by atoms with van der Waals surface area (Å²) in [6, 6.07) is 0.789. The molecule has 1 heterocycles. The molecule has 8 atom stereocenters. The van der Waals surface area contributed by atoms with Crippen LogP contribution in [0.4, 0.5) is 0 Å². The van der Waals surface area contributed by atoms with E-state index in [0.717, 1.165) is 24.8 Å². The molecule has 0 aromatic rings. The maximum atomic E-state index is 10.6. The molecule has 3 nitrogen and oxygen atoms in total. The summed E-state index contributed by atoms with van der Waals surface area (Å²) in [5.41, 5.74) is 2.07. The van der Waals surface area contributed by atoms with Crippen LogP contribution >= 0.6 is 0 Å². The molecule has 0 aromatic carbocycles. The summed E-state index contributed by atoms with van der Waals surface area (Å²) in [6.45, 7) is 7.44.